The molecule has 0 aliphatic carbocycles. The van der Waals surface area contributed by atoms with Crippen molar-refractivity contribution in [2.45, 2.75) is 25.5 Å². The second-order valence-electron chi connectivity index (χ2n) is 6.00. The number of benzene rings is 1. The molecular weight excluding hydrogens is 328 g/mol. The van der Waals surface area contributed by atoms with Crippen LogP contribution in [0.1, 0.15) is 35.3 Å². The molecule has 1 saturated heterocycles. The van der Waals surface area contributed by atoms with Crippen LogP contribution in [0.15, 0.2) is 36.5 Å². The molecule has 2 atom stereocenters. The van der Waals surface area contributed by atoms with Gasteiger partial charge in [0, 0.05) is 19.3 Å². The molecule has 0 spiro atoms. The Balaban J connectivity index is 1.86. The monoisotopic (exact) mass is 347 g/mol. The van der Waals surface area contributed by atoms with Crippen LogP contribution in [0.3, 0.4) is 0 Å². The molecule has 3 rings (SSSR count). The Labute approximate surface area is 144 Å². The molecule has 1 aromatic carbocycles. The molecule has 1 fully saturated rings. The highest BCUT2D eigenvalue weighted by Crippen LogP contribution is 2.35. The van der Waals surface area contributed by atoms with Crippen LogP contribution in [0.2, 0.25) is 0 Å². The molecule has 25 heavy (non-hydrogen) atoms. The van der Waals surface area contributed by atoms with Crippen molar-refractivity contribution in [1.29, 1.82) is 0 Å². The second kappa shape index (κ2) is 7.14. The van der Waals surface area contributed by atoms with Gasteiger partial charge in [0.2, 0.25) is 0 Å². The van der Waals surface area contributed by atoms with Crippen molar-refractivity contribution in [2.75, 3.05) is 18.0 Å². The third-order valence-corrected chi connectivity index (χ3v) is 4.25. The fourth-order valence-corrected chi connectivity index (χ4v) is 3.06. The average Bonchev–Trinajstić information content (AvgIpc) is 2.99. The number of rotatable bonds is 4. The summed E-state index contributed by atoms with van der Waals surface area (Å²) in [5.41, 5.74) is 1.01. The van der Waals surface area contributed by atoms with Crippen molar-refractivity contribution in [3.05, 3.63) is 59.3 Å². The van der Waals surface area contributed by atoms with E-state index < -0.39 is 17.7 Å². The molecule has 7 heteroatoms. The predicted molar refractivity (Wildman–Crippen MR) is 89.3 cm³/mol. The van der Waals surface area contributed by atoms with E-state index in [4.69, 9.17) is 0 Å². The van der Waals surface area contributed by atoms with Crippen LogP contribution < -0.4 is 10.2 Å². The van der Waals surface area contributed by atoms with Gasteiger partial charge in [-0.05, 0) is 43.2 Å². The minimum atomic E-state index is -0.918. The van der Waals surface area contributed by atoms with E-state index >= 15 is 0 Å². The molecule has 132 valence electrons. The van der Waals surface area contributed by atoms with Crippen LogP contribution in [-0.4, -0.2) is 35.2 Å². The van der Waals surface area contributed by atoms with Crippen LogP contribution in [0.4, 0.5) is 14.6 Å². The number of carbonyl (C=O) groups excluding carboxylic acids is 1. The number of β-amino-alcohol motifs (C(OH)–C–C–N with tert-alkyl or cyclic N) is 1. The third-order valence-electron chi connectivity index (χ3n) is 4.25. The summed E-state index contributed by atoms with van der Waals surface area (Å²) in [4.78, 5) is 17.9. The number of halogens is 2. The van der Waals surface area contributed by atoms with Gasteiger partial charge in [-0.3, -0.25) is 4.79 Å². The standard InChI is InChI=1S/C18H19F2N3O2/c1-2-21-18(25)12-4-6-17(22-9-12)23-10-13(24)8-16(23)11-3-5-14(19)15(20)7-11/h3-7,9,13,16,24H,2,8,10H2,1H3,(H,21,25)/t13-,16+/m0/s1. The van der Waals surface area contributed by atoms with Crippen LogP contribution in [-0.2, 0) is 0 Å². The molecule has 1 aliphatic rings. The minimum absolute atomic E-state index is 0.208. The van der Waals surface area contributed by atoms with E-state index in [9.17, 15) is 18.7 Å². The highest BCUT2D eigenvalue weighted by molar-refractivity contribution is 5.94. The van der Waals surface area contributed by atoms with Gasteiger partial charge in [0.05, 0.1) is 17.7 Å². The van der Waals surface area contributed by atoms with E-state index in [0.29, 0.717) is 36.5 Å². The maximum absolute atomic E-state index is 13.6. The number of aliphatic hydroxyl groups is 1. The maximum Gasteiger partial charge on any atom is 0.252 e. The number of aliphatic hydroxyl groups excluding tert-OH is 1. The first-order valence-electron chi connectivity index (χ1n) is 8.13. The second-order valence-corrected chi connectivity index (χ2v) is 6.00. The summed E-state index contributed by atoms with van der Waals surface area (Å²) >= 11 is 0. The van der Waals surface area contributed by atoms with E-state index in [0.717, 1.165) is 12.1 Å². The molecular formula is C18H19F2N3O2. The lowest BCUT2D eigenvalue weighted by Gasteiger charge is -2.26. The van der Waals surface area contributed by atoms with Crippen LogP contribution in [0.5, 0.6) is 0 Å². The van der Waals surface area contributed by atoms with Crippen LogP contribution >= 0.6 is 0 Å². The molecule has 0 saturated carbocycles. The molecule has 0 radical (unpaired) electrons. The number of anilines is 1. The average molecular weight is 347 g/mol. The van der Waals surface area contributed by atoms with Crippen molar-refractivity contribution >= 4 is 11.7 Å². The first-order chi connectivity index (χ1) is 12.0. The molecule has 2 N–H and O–H groups in total. The summed E-state index contributed by atoms with van der Waals surface area (Å²) in [6, 6.07) is 6.77. The topological polar surface area (TPSA) is 65.5 Å². The minimum Gasteiger partial charge on any atom is -0.391 e. The molecule has 1 aliphatic heterocycles. The molecule has 2 heterocycles. The van der Waals surface area contributed by atoms with Gasteiger partial charge < -0.3 is 15.3 Å². The van der Waals surface area contributed by atoms with Crippen molar-refractivity contribution < 1.29 is 18.7 Å². The number of carbonyl (C=O) groups is 1. The van der Waals surface area contributed by atoms with E-state index in [2.05, 4.69) is 10.3 Å². The van der Waals surface area contributed by atoms with Gasteiger partial charge >= 0.3 is 0 Å². The highest BCUT2D eigenvalue weighted by atomic mass is 19.2. The number of aromatic nitrogens is 1. The van der Waals surface area contributed by atoms with Gasteiger partial charge in [0.15, 0.2) is 11.6 Å². The molecule has 2 aromatic rings. The Morgan fingerprint density at radius 3 is 2.76 bits per heavy atom. The van der Waals surface area contributed by atoms with Crippen molar-refractivity contribution in [2.24, 2.45) is 0 Å². The Morgan fingerprint density at radius 1 is 1.32 bits per heavy atom. The largest absolute Gasteiger partial charge is 0.391 e. The van der Waals surface area contributed by atoms with E-state index in [-0.39, 0.29) is 11.9 Å². The molecule has 1 amide bonds. The SMILES string of the molecule is CCNC(=O)c1ccc(N2C[C@@H](O)C[C@@H]2c2ccc(F)c(F)c2)nc1. The number of pyridine rings is 1. The highest BCUT2D eigenvalue weighted by Gasteiger charge is 2.33. The zero-order valence-corrected chi connectivity index (χ0v) is 13.7. The zero-order valence-electron chi connectivity index (χ0n) is 13.7. The summed E-state index contributed by atoms with van der Waals surface area (Å²) in [5, 5.41) is 12.7. The van der Waals surface area contributed by atoms with Crippen LogP contribution in [0, 0.1) is 11.6 Å². The number of nitrogens with zero attached hydrogens (tertiary/aromatic N) is 2. The Kier molecular flexibility index (Phi) is 4.94. The third kappa shape index (κ3) is 3.61. The number of amides is 1. The van der Waals surface area contributed by atoms with E-state index in [1.54, 1.807) is 12.1 Å². The van der Waals surface area contributed by atoms with Crippen molar-refractivity contribution in [1.82, 2.24) is 10.3 Å². The van der Waals surface area contributed by atoms with Crippen LogP contribution in [0.25, 0.3) is 0 Å². The molecule has 0 unspecified atom stereocenters. The molecule has 5 nitrogen and oxygen atoms in total. The van der Waals surface area contributed by atoms with Gasteiger partial charge in [0.25, 0.3) is 5.91 Å². The van der Waals surface area contributed by atoms with E-state index in [1.165, 1.54) is 12.3 Å². The summed E-state index contributed by atoms with van der Waals surface area (Å²) in [6.45, 7) is 2.69. The summed E-state index contributed by atoms with van der Waals surface area (Å²) in [6.07, 6.45) is 1.26. The maximum atomic E-state index is 13.6. The Hall–Kier alpha value is -2.54. The smallest absolute Gasteiger partial charge is 0.252 e. The summed E-state index contributed by atoms with van der Waals surface area (Å²) < 4.78 is 26.7. The number of hydrogen-bond acceptors (Lipinski definition) is 4. The molecule has 0 bridgehead atoms. The Bertz CT molecular complexity index is 767. The quantitative estimate of drug-likeness (QED) is 0.892. The van der Waals surface area contributed by atoms with Gasteiger partial charge in [-0.2, -0.15) is 0 Å². The first kappa shape index (κ1) is 17.3. The van der Waals surface area contributed by atoms with Gasteiger partial charge in [-0.25, -0.2) is 13.8 Å². The van der Waals surface area contributed by atoms with E-state index in [1.807, 2.05) is 11.8 Å². The fourth-order valence-electron chi connectivity index (χ4n) is 3.06. The summed E-state index contributed by atoms with van der Waals surface area (Å²) in [7, 11) is 0. The number of hydrogen-bond donors (Lipinski definition) is 2. The number of nitrogens with one attached hydrogen (secondary N) is 1. The normalized spacial score (nSPS) is 19.9. The van der Waals surface area contributed by atoms with Crippen molar-refractivity contribution in [3.63, 3.8) is 0 Å². The van der Waals surface area contributed by atoms with Crippen molar-refractivity contribution in [3.8, 4) is 0 Å². The summed E-state index contributed by atoms with van der Waals surface area (Å²) in [5.74, 6) is -1.46. The molecule has 1 aromatic heterocycles. The van der Waals surface area contributed by atoms with Gasteiger partial charge in [-0.1, -0.05) is 6.07 Å². The lowest BCUT2D eigenvalue weighted by Crippen LogP contribution is -2.26. The fraction of sp³-hybridized carbons (Fsp3) is 0.333. The van der Waals surface area contributed by atoms with Gasteiger partial charge in [-0.15, -0.1) is 0 Å². The first-order valence-corrected chi connectivity index (χ1v) is 8.13. The van der Waals surface area contributed by atoms with Gasteiger partial charge in [0.1, 0.15) is 5.82 Å². The predicted octanol–water partition coefficient (Wildman–Crippen LogP) is 2.42. The lowest BCUT2D eigenvalue weighted by atomic mass is 10.0. The Morgan fingerprint density at radius 2 is 2.12 bits per heavy atom. The zero-order chi connectivity index (χ0) is 18.0. The lowest BCUT2D eigenvalue weighted by molar-refractivity contribution is 0.0955.